The second kappa shape index (κ2) is 11.9. The molecule has 0 spiro atoms. The standard InChI is InChI=1S/C25H32BN3O4.C2H6/c1-16-12-17(2)14-19(13-16)24(31)29(15-25(4,5)6)28-23(30)20-8-9-21-22(18(20)3)33-11-7-10-27-26(21)32;1-2/h7-10,12-14,27,32H,11,15H2,1-6H3,(H,28,30);1-2H3. The minimum absolute atomic E-state index is 0.242. The molecule has 0 saturated carbocycles. The third-order valence-electron chi connectivity index (χ3n) is 5.25. The van der Waals surface area contributed by atoms with E-state index in [1.165, 1.54) is 5.01 Å². The molecule has 0 bridgehead atoms. The third-order valence-corrected chi connectivity index (χ3v) is 5.25. The minimum atomic E-state index is -0.948. The molecule has 8 heteroatoms. The molecule has 1 aliphatic rings. The van der Waals surface area contributed by atoms with Crippen LogP contribution >= 0.6 is 0 Å². The van der Waals surface area contributed by atoms with Crippen LogP contribution < -0.4 is 20.9 Å². The first kappa shape index (κ1) is 28.0. The van der Waals surface area contributed by atoms with Gasteiger partial charge in [0.25, 0.3) is 11.8 Å². The predicted octanol–water partition coefficient (Wildman–Crippen LogP) is 3.65. The number of nitrogens with zero attached hydrogens (tertiary/aromatic N) is 1. The number of benzene rings is 2. The van der Waals surface area contributed by atoms with E-state index in [2.05, 4.69) is 10.7 Å². The Kier molecular flexibility index (Phi) is 9.54. The molecule has 0 unspecified atom stereocenters. The highest BCUT2D eigenvalue weighted by atomic mass is 16.5. The van der Waals surface area contributed by atoms with Crippen molar-refractivity contribution in [1.29, 1.82) is 0 Å². The van der Waals surface area contributed by atoms with Gasteiger partial charge in [-0.1, -0.05) is 57.9 Å². The number of hydrazine groups is 1. The van der Waals surface area contributed by atoms with E-state index in [1.807, 2.05) is 66.7 Å². The van der Waals surface area contributed by atoms with Crippen molar-refractivity contribution >= 4 is 24.3 Å². The Labute approximate surface area is 209 Å². The van der Waals surface area contributed by atoms with E-state index in [-0.39, 0.29) is 11.3 Å². The van der Waals surface area contributed by atoms with Gasteiger partial charge in [0.1, 0.15) is 12.4 Å². The molecule has 0 atom stereocenters. The average Bonchev–Trinajstić information content (AvgIpc) is 2.76. The van der Waals surface area contributed by atoms with Crippen molar-refractivity contribution in [3.05, 3.63) is 70.4 Å². The topological polar surface area (TPSA) is 90.9 Å². The van der Waals surface area contributed by atoms with Gasteiger partial charge >= 0.3 is 7.05 Å². The van der Waals surface area contributed by atoms with Crippen molar-refractivity contribution in [2.24, 2.45) is 5.41 Å². The predicted molar refractivity (Wildman–Crippen MR) is 142 cm³/mol. The fraction of sp³-hybridized carbons (Fsp3) is 0.407. The fourth-order valence-corrected chi connectivity index (χ4v) is 3.87. The van der Waals surface area contributed by atoms with Gasteiger partial charge in [-0.05, 0) is 56.7 Å². The van der Waals surface area contributed by atoms with Gasteiger partial charge < -0.3 is 15.0 Å². The first-order valence-electron chi connectivity index (χ1n) is 12.0. The maximum Gasteiger partial charge on any atom is 0.449 e. The van der Waals surface area contributed by atoms with Crippen LogP contribution in [-0.2, 0) is 0 Å². The lowest BCUT2D eigenvalue weighted by atomic mass is 9.72. The summed E-state index contributed by atoms with van der Waals surface area (Å²) in [6.07, 6.45) is 3.37. The van der Waals surface area contributed by atoms with Crippen molar-refractivity contribution in [2.45, 2.75) is 55.4 Å². The summed E-state index contributed by atoms with van der Waals surface area (Å²) in [4.78, 5) is 26.7. The van der Waals surface area contributed by atoms with E-state index in [0.717, 1.165) is 11.1 Å². The van der Waals surface area contributed by atoms with Gasteiger partial charge in [-0.15, -0.1) is 0 Å². The van der Waals surface area contributed by atoms with Crippen LogP contribution in [0.3, 0.4) is 0 Å². The molecule has 1 aliphatic heterocycles. The van der Waals surface area contributed by atoms with Crippen LogP contribution in [0.1, 0.15) is 72.0 Å². The van der Waals surface area contributed by atoms with Crippen LogP contribution in [0.4, 0.5) is 0 Å². The van der Waals surface area contributed by atoms with Gasteiger partial charge in [0, 0.05) is 28.7 Å². The molecule has 0 radical (unpaired) electrons. The van der Waals surface area contributed by atoms with E-state index < -0.39 is 13.0 Å². The maximum absolute atomic E-state index is 13.4. The molecule has 3 rings (SSSR count). The van der Waals surface area contributed by atoms with Crippen LogP contribution in [0.25, 0.3) is 0 Å². The van der Waals surface area contributed by atoms with E-state index in [9.17, 15) is 14.6 Å². The summed E-state index contributed by atoms with van der Waals surface area (Å²) in [5, 5.41) is 14.6. The zero-order valence-electron chi connectivity index (χ0n) is 22.2. The van der Waals surface area contributed by atoms with Gasteiger partial charge in [0.2, 0.25) is 0 Å². The fourth-order valence-electron chi connectivity index (χ4n) is 3.87. The van der Waals surface area contributed by atoms with E-state index in [1.54, 1.807) is 31.3 Å². The Balaban J connectivity index is 0.00000210. The first-order valence-corrected chi connectivity index (χ1v) is 12.0. The lowest BCUT2D eigenvalue weighted by Crippen LogP contribution is -2.50. The Morgan fingerprint density at radius 3 is 2.34 bits per heavy atom. The number of nitrogens with one attached hydrogen (secondary N) is 2. The Morgan fingerprint density at radius 1 is 1.11 bits per heavy atom. The van der Waals surface area contributed by atoms with Crippen LogP contribution in [0.15, 0.2) is 42.6 Å². The average molecular weight is 479 g/mol. The highest BCUT2D eigenvalue weighted by molar-refractivity contribution is 6.65. The Hall–Kier alpha value is -3.26. The van der Waals surface area contributed by atoms with Crippen molar-refractivity contribution in [3.8, 4) is 5.75 Å². The number of hydrogen-bond donors (Lipinski definition) is 3. The highest BCUT2D eigenvalue weighted by Gasteiger charge is 2.28. The van der Waals surface area contributed by atoms with E-state index >= 15 is 0 Å². The molecule has 1 heterocycles. The molecular formula is C27H38BN3O4. The summed E-state index contributed by atoms with van der Waals surface area (Å²) in [5.74, 6) is -0.231. The number of carbonyl (C=O) groups is 2. The Bertz CT molecular complexity index is 1070. The summed E-state index contributed by atoms with van der Waals surface area (Å²) in [6, 6.07) is 8.95. The molecule has 0 aliphatic carbocycles. The summed E-state index contributed by atoms with van der Waals surface area (Å²) >= 11 is 0. The van der Waals surface area contributed by atoms with Gasteiger partial charge in [-0.2, -0.15) is 0 Å². The SMILES string of the molecule is CC.Cc1cc(C)cc(C(=O)N(CC(C)(C)C)NC(=O)c2ccc3c(c2C)OCC=CNB3O)c1. The summed E-state index contributed by atoms with van der Waals surface area (Å²) in [5.41, 5.74) is 6.57. The smallest absolute Gasteiger partial charge is 0.449 e. The lowest BCUT2D eigenvalue weighted by Gasteiger charge is -2.30. The quantitative estimate of drug-likeness (QED) is 0.462. The van der Waals surface area contributed by atoms with Gasteiger partial charge in [-0.25, -0.2) is 5.01 Å². The molecule has 2 amide bonds. The summed E-state index contributed by atoms with van der Waals surface area (Å²) in [7, 11) is -0.948. The number of ether oxygens (including phenoxy) is 1. The lowest BCUT2D eigenvalue weighted by molar-refractivity contribution is 0.0509. The zero-order chi connectivity index (χ0) is 26.3. The van der Waals surface area contributed by atoms with Crippen molar-refractivity contribution in [2.75, 3.05) is 13.2 Å². The summed E-state index contributed by atoms with van der Waals surface area (Å²) in [6.45, 7) is 16.3. The number of rotatable bonds is 3. The second-order valence-electron chi connectivity index (χ2n) is 9.71. The molecule has 7 nitrogen and oxygen atoms in total. The van der Waals surface area contributed by atoms with Crippen molar-refractivity contribution < 1.29 is 19.3 Å². The summed E-state index contributed by atoms with van der Waals surface area (Å²) < 4.78 is 5.80. The van der Waals surface area contributed by atoms with Crippen molar-refractivity contribution in [3.63, 3.8) is 0 Å². The van der Waals surface area contributed by atoms with Crippen LogP contribution in [0.2, 0.25) is 0 Å². The van der Waals surface area contributed by atoms with E-state index in [4.69, 9.17) is 4.74 Å². The molecule has 35 heavy (non-hydrogen) atoms. The van der Waals surface area contributed by atoms with Crippen LogP contribution in [0.5, 0.6) is 5.75 Å². The number of aryl methyl sites for hydroxylation is 2. The zero-order valence-corrected chi connectivity index (χ0v) is 22.2. The number of fused-ring (bicyclic) bond motifs is 1. The third kappa shape index (κ3) is 7.36. The molecule has 0 aromatic heterocycles. The molecule has 188 valence electrons. The Morgan fingerprint density at radius 2 is 1.74 bits per heavy atom. The maximum atomic E-state index is 13.4. The molecule has 3 N–H and O–H groups in total. The number of amides is 2. The minimum Gasteiger partial charge on any atom is -0.490 e. The highest BCUT2D eigenvalue weighted by Crippen LogP contribution is 2.22. The largest absolute Gasteiger partial charge is 0.490 e. The van der Waals surface area contributed by atoms with Crippen LogP contribution in [0, 0.1) is 26.2 Å². The first-order chi connectivity index (χ1) is 16.5. The number of carbonyl (C=O) groups excluding carboxylic acids is 2. The normalized spacial score (nSPS) is 12.7. The van der Waals surface area contributed by atoms with Crippen molar-refractivity contribution in [1.82, 2.24) is 15.7 Å². The molecule has 0 saturated heterocycles. The van der Waals surface area contributed by atoms with E-state index in [0.29, 0.717) is 41.1 Å². The van der Waals surface area contributed by atoms with Gasteiger partial charge in [0.15, 0.2) is 0 Å². The molecule has 2 aromatic rings. The number of hydrogen-bond acceptors (Lipinski definition) is 5. The van der Waals surface area contributed by atoms with Crippen LogP contribution in [-0.4, -0.2) is 42.0 Å². The van der Waals surface area contributed by atoms with Gasteiger partial charge in [0.05, 0.1) is 0 Å². The monoisotopic (exact) mass is 479 g/mol. The molecular weight excluding hydrogens is 441 g/mol. The van der Waals surface area contributed by atoms with Gasteiger partial charge in [-0.3, -0.25) is 15.0 Å². The molecule has 0 fully saturated rings. The molecule has 2 aromatic carbocycles. The second-order valence-corrected chi connectivity index (χ2v) is 9.71.